The maximum Gasteiger partial charge on any atom is 0.327 e. The molecule has 0 atom stereocenters. The molecule has 0 aromatic carbocycles. The van der Waals surface area contributed by atoms with E-state index in [9.17, 15) is 9.59 Å². The summed E-state index contributed by atoms with van der Waals surface area (Å²) in [6, 6.07) is 1.91. The first-order valence-corrected chi connectivity index (χ1v) is 5.33. The van der Waals surface area contributed by atoms with Gasteiger partial charge in [0.25, 0.3) is 5.79 Å². The highest BCUT2D eigenvalue weighted by Gasteiger charge is 2.54. The van der Waals surface area contributed by atoms with Crippen LogP contribution in [0.25, 0.3) is 0 Å². The van der Waals surface area contributed by atoms with Gasteiger partial charge >= 0.3 is 11.9 Å². The number of cyclic esters (lactones) is 2. The fourth-order valence-electron chi connectivity index (χ4n) is 1.73. The Bertz CT molecular complexity index is 372. The number of esters is 2. The number of hydrogen-bond acceptors (Lipinski definition) is 5. The lowest BCUT2D eigenvalue weighted by molar-refractivity contribution is -0.251. The summed E-state index contributed by atoms with van der Waals surface area (Å²) in [6.45, 7) is 6.50. The van der Waals surface area contributed by atoms with Crippen LogP contribution in [0.5, 0.6) is 0 Å². The van der Waals surface area contributed by atoms with E-state index in [4.69, 9.17) is 14.7 Å². The summed E-state index contributed by atoms with van der Waals surface area (Å²) in [5, 5.41) is 8.57. The van der Waals surface area contributed by atoms with Gasteiger partial charge in [0.05, 0.1) is 6.07 Å². The van der Waals surface area contributed by atoms with Crippen LogP contribution in [0.2, 0.25) is 0 Å². The molecule has 5 heteroatoms. The van der Waals surface area contributed by atoms with Crippen molar-refractivity contribution < 1.29 is 19.1 Å². The van der Waals surface area contributed by atoms with E-state index in [1.54, 1.807) is 0 Å². The highest BCUT2D eigenvalue weighted by atomic mass is 16.7. The summed E-state index contributed by atoms with van der Waals surface area (Å²) in [6.07, 6.45) is 1.74. The molecule has 0 radical (unpaired) electrons. The molecule has 0 N–H and O–H groups in total. The summed E-state index contributed by atoms with van der Waals surface area (Å²) in [5.74, 6) is -2.53. The Morgan fingerprint density at radius 2 is 1.88 bits per heavy atom. The molecule has 92 valence electrons. The van der Waals surface area contributed by atoms with Crippen molar-refractivity contribution in [1.82, 2.24) is 0 Å². The Labute approximate surface area is 100 Å². The van der Waals surface area contributed by atoms with E-state index in [0.29, 0.717) is 0 Å². The molecule has 0 aliphatic carbocycles. The first-order valence-electron chi connectivity index (χ1n) is 5.33. The average molecular weight is 237 g/mol. The summed E-state index contributed by atoms with van der Waals surface area (Å²) in [7, 11) is 0. The number of carbonyl (C=O) groups is 2. The minimum Gasteiger partial charge on any atom is -0.422 e. The van der Waals surface area contributed by atoms with E-state index in [0.717, 1.165) is 0 Å². The van der Waals surface area contributed by atoms with Crippen LogP contribution in [0, 0.1) is 16.7 Å². The number of ether oxygens (including phenoxy) is 2. The highest BCUT2D eigenvalue weighted by molar-refractivity contribution is 6.01. The van der Waals surface area contributed by atoms with Crippen LogP contribution < -0.4 is 0 Å². The summed E-state index contributed by atoms with van der Waals surface area (Å²) in [5.41, 5.74) is -1.41. The Kier molecular flexibility index (Phi) is 3.56. The third-order valence-corrected chi connectivity index (χ3v) is 2.61. The normalized spacial score (nSPS) is 21.0. The lowest BCUT2D eigenvalue weighted by Crippen LogP contribution is -2.53. The minimum absolute atomic E-state index is 0.0818. The predicted octanol–water partition coefficient (Wildman–Crippen LogP) is 1.69. The molecule has 0 amide bonds. The van der Waals surface area contributed by atoms with Gasteiger partial charge in [-0.05, 0) is 12.8 Å². The average Bonchev–Trinajstić information content (AvgIpc) is 2.20. The molecule has 1 aliphatic rings. The van der Waals surface area contributed by atoms with Crippen LogP contribution >= 0.6 is 0 Å². The third kappa shape index (κ3) is 2.47. The summed E-state index contributed by atoms with van der Waals surface area (Å²) < 4.78 is 10.1. The fourth-order valence-corrected chi connectivity index (χ4v) is 1.73. The second-order valence-corrected chi connectivity index (χ2v) is 4.41. The molecule has 0 bridgehead atoms. The van der Waals surface area contributed by atoms with Gasteiger partial charge in [0.15, 0.2) is 5.41 Å². The van der Waals surface area contributed by atoms with Crippen molar-refractivity contribution >= 4 is 11.9 Å². The molecule has 0 aromatic rings. The quantitative estimate of drug-likeness (QED) is 0.422. The van der Waals surface area contributed by atoms with Gasteiger partial charge in [0.2, 0.25) is 0 Å². The van der Waals surface area contributed by atoms with Crippen LogP contribution in [0.1, 0.15) is 33.1 Å². The van der Waals surface area contributed by atoms with E-state index in [-0.39, 0.29) is 19.3 Å². The highest BCUT2D eigenvalue weighted by Crippen LogP contribution is 2.39. The standard InChI is InChI=1S/C12H15NO4/c1-4-6-12(7-5-8-13)9(14)16-11(2,3)17-10(12)15/h4H,1,5-7H2,2-3H3. The monoisotopic (exact) mass is 237 g/mol. The van der Waals surface area contributed by atoms with Gasteiger partial charge in [-0.2, -0.15) is 5.26 Å². The SMILES string of the molecule is C=CCC1(CCC#N)C(=O)OC(C)(C)OC1=O. The van der Waals surface area contributed by atoms with Crippen molar-refractivity contribution in [2.24, 2.45) is 5.41 Å². The molecule has 1 aliphatic heterocycles. The topological polar surface area (TPSA) is 76.4 Å². The van der Waals surface area contributed by atoms with Gasteiger partial charge in [-0.15, -0.1) is 6.58 Å². The first-order chi connectivity index (χ1) is 7.88. The summed E-state index contributed by atoms with van der Waals surface area (Å²) in [4.78, 5) is 23.9. The van der Waals surface area contributed by atoms with Crippen LogP contribution in [-0.4, -0.2) is 17.7 Å². The van der Waals surface area contributed by atoms with Crippen LogP contribution in [0.4, 0.5) is 0 Å². The molecule has 1 rings (SSSR count). The van der Waals surface area contributed by atoms with Crippen molar-refractivity contribution in [1.29, 1.82) is 5.26 Å². The smallest absolute Gasteiger partial charge is 0.327 e. The van der Waals surface area contributed by atoms with Gasteiger partial charge in [-0.1, -0.05) is 6.08 Å². The molecule has 5 nitrogen and oxygen atoms in total. The zero-order valence-electron chi connectivity index (χ0n) is 9.99. The number of nitriles is 1. The molecule has 0 saturated carbocycles. The second kappa shape index (κ2) is 4.58. The van der Waals surface area contributed by atoms with Crippen LogP contribution in [0.15, 0.2) is 12.7 Å². The number of allylic oxidation sites excluding steroid dienone is 1. The van der Waals surface area contributed by atoms with E-state index in [1.165, 1.54) is 19.9 Å². The van der Waals surface area contributed by atoms with Crippen molar-refractivity contribution in [2.45, 2.75) is 38.9 Å². The fraction of sp³-hybridized carbons (Fsp3) is 0.583. The van der Waals surface area contributed by atoms with Crippen LogP contribution in [0.3, 0.4) is 0 Å². The maximum atomic E-state index is 12.0. The minimum atomic E-state index is -1.41. The molecule has 0 unspecified atom stereocenters. The Balaban J connectivity index is 3.04. The number of hydrogen-bond donors (Lipinski definition) is 0. The van der Waals surface area contributed by atoms with Crippen molar-refractivity contribution in [3.8, 4) is 6.07 Å². The van der Waals surface area contributed by atoms with Gasteiger partial charge in [0.1, 0.15) is 0 Å². The molecular weight excluding hydrogens is 222 g/mol. The number of nitrogens with zero attached hydrogens (tertiary/aromatic N) is 1. The van der Waals surface area contributed by atoms with E-state index >= 15 is 0 Å². The van der Waals surface area contributed by atoms with E-state index in [2.05, 4.69) is 6.58 Å². The van der Waals surface area contributed by atoms with E-state index < -0.39 is 23.1 Å². The lowest BCUT2D eigenvalue weighted by Gasteiger charge is -2.39. The molecule has 0 aromatic heterocycles. The zero-order chi connectivity index (χ0) is 13.1. The van der Waals surface area contributed by atoms with Crippen LogP contribution in [-0.2, 0) is 19.1 Å². The van der Waals surface area contributed by atoms with Gasteiger partial charge < -0.3 is 9.47 Å². The van der Waals surface area contributed by atoms with Gasteiger partial charge in [-0.3, -0.25) is 9.59 Å². The molecule has 1 saturated heterocycles. The second-order valence-electron chi connectivity index (χ2n) is 4.41. The maximum absolute atomic E-state index is 12.0. The molecule has 17 heavy (non-hydrogen) atoms. The van der Waals surface area contributed by atoms with Gasteiger partial charge in [0, 0.05) is 20.3 Å². The molecule has 1 heterocycles. The van der Waals surface area contributed by atoms with Gasteiger partial charge in [-0.25, -0.2) is 0 Å². The summed E-state index contributed by atoms with van der Waals surface area (Å²) >= 11 is 0. The van der Waals surface area contributed by atoms with Crippen molar-refractivity contribution in [2.75, 3.05) is 0 Å². The zero-order valence-corrected chi connectivity index (χ0v) is 9.99. The Hall–Kier alpha value is -1.83. The van der Waals surface area contributed by atoms with Crippen molar-refractivity contribution in [3.63, 3.8) is 0 Å². The number of carbonyl (C=O) groups excluding carboxylic acids is 2. The molecular formula is C12H15NO4. The molecule has 1 fully saturated rings. The molecule has 0 spiro atoms. The Morgan fingerprint density at radius 3 is 2.29 bits per heavy atom. The third-order valence-electron chi connectivity index (χ3n) is 2.61. The van der Waals surface area contributed by atoms with E-state index in [1.807, 2.05) is 6.07 Å². The largest absolute Gasteiger partial charge is 0.422 e. The lowest BCUT2D eigenvalue weighted by atomic mass is 9.79. The first kappa shape index (κ1) is 13.2. The number of rotatable bonds is 4. The Morgan fingerprint density at radius 1 is 1.35 bits per heavy atom. The van der Waals surface area contributed by atoms with Crippen molar-refractivity contribution in [3.05, 3.63) is 12.7 Å². The predicted molar refractivity (Wildman–Crippen MR) is 58.4 cm³/mol.